The highest BCUT2D eigenvalue weighted by atomic mass is 32.2. The standard InChI is InChI=1S/C7H13F2NS/c1-10-5-7(8,9)6-3-2-4-11-6/h6,10H,2-5H2,1H3. The summed E-state index contributed by atoms with van der Waals surface area (Å²) in [5, 5.41) is 2.07. The van der Waals surface area contributed by atoms with Crippen LogP contribution in [0, 0.1) is 0 Å². The molecule has 0 aromatic rings. The van der Waals surface area contributed by atoms with Crippen molar-refractivity contribution in [2.75, 3.05) is 19.3 Å². The molecule has 0 amide bonds. The smallest absolute Gasteiger partial charge is 0.271 e. The van der Waals surface area contributed by atoms with Gasteiger partial charge in [0, 0.05) is 0 Å². The summed E-state index contributed by atoms with van der Waals surface area (Å²) in [6.07, 6.45) is 1.61. The van der Waals surface area contributed by atoms with E-state index >= 15 is 0 Å². The van der Waals surface area contributed by atoms with E-state index in [1.165, 1.54) is 11.8 Å². The van der Waals surface area contributed by atoms with Gasteiger partial charge in [-0.2, -0.15) is 11.8 Å². The lowest BCUT2D eigenvalue weighted by molar-refractivity contribution is 0.00157. The molecule has 1 aliphatic rings. The van der Waals surface area contributed by atoms with Gasteiger partial charge in [0.2, 0.25) is 0 Å². The van der Waals surface area contributed by atoms with Crippen molar-refractivity contribution in [1.82, 2.24) is 5.32 Å². The summed E-state index contributed by atoms with van der Waals surface area (Å²) in [6, 6.07) is 0. The lowest BCUT2D eigenvalue weighted by atomic mass is 10.1. The molecule has 1 N–H and O–H groups in total. The first-order valence-corrected chi connectivity index (χ1v) is 4.86. The van der Waals surface area contributed by atoms with Gasteiger partial charge in [0.15, 0.2) is 0 Å². The van der Waals surface area contributed by atoms with Crippen molar-refractivity contribution < 1.29 is 8.78 Å². The van der Waals surface area contributed by atoms with Crippen LogP contribution in [0.15, 0.2) is 0 Å². The third-order valence-corrected chi connectivity index (χ3v) is 3.32. The zero-order valence-corrected chi connectivity index (χ0v) is 7.39. The van der Waals surface area contributed by atoms with Crippen LogP contribution >= 0.6 is 11.8 Å². The molecule has 11 heavy (non-hydrogen) atoms. The first-order chi connectivity index (χ1) is 5.17. The second kappa shape index (κ2) is 3.72. The van der Waals surface area contributed by atoms with Crippen LogP contribution in [-0.4, -0.2) is 30.5 Å². The van der Waals surface area contributed by atoms with E-state index in [1.54, 1.807) is 7.05 Å². The Morgan fingerprint density at radius 3 is 2.82 bits per heavy atom. The maximum Gasteiger partial charge on any atom is 0.271 e. The van der Waals surface area contributed by atoms with Gasteiger partial charge in [-0.1, -0.05) is 0 Å². The predicted molar refractivity (Wildman–Crippen MR) is 44.4 cm³/mol. The van der Waals surface area contributed by atoms with E-state index in [1.807, 2.05) is 0 Å². The highest BCUT2D eigenvalue weighted by Crippen LogP contribution is 2.37. The number of rotatable bonds is 3. The Balaban J connectivity index is 2.41. The van der Waals surface area contributed by atoms with Crippen molar-refractivity contribution in [3.63, 3.8) is 0 Å². The molecule has 1 unspecified atom stereocenters. The average molecular weight is 181 g/mol. The number of hydrogen-bond acceptors (Lipinski definition) is 2. The van der Waals surface area contributed by atoms with Gasteiger partial charge < -0.3 is 5.32 Å². The van der Waals surface area contributed by atoms with Crippen molar-refractivity contribution in [2.45, 2.75) is 24.0 Å². The van der Waals surface area contributed by atoms with Crippen LogP contribution in [-0.2, 0) is 0 Å². The molecule has 0 spiro atoms. The van der Waals surface area contributed by atoms with E-state index in [2.05, 4.69) is 5.32 Å². The normalized spacial score (nSPS) is 25.9. The summed E-state index contributed by atoms with van der Waals surface area (Å²) in [6.45, 7) is -0.190. The number of hydrogen-bond donors (Lipinski definition) is 1. The van der Waals surface area contributed by atoms with Crippen LogP contribution in [0.5, 0.6) is 0 Å². The average Bonchev–Trinajstić information content (AvgIpc) is 2.37. The minimum absolute atomic E-state index is 0.190. The summed E-state index contributed by atoms with van der Waals surface area (Å²) in [5.74, 6) is -1.63. The van der Waals surface area contributed by atoms with E-state index in [4.69, 9.17) is 0 Å². The Kier molecular flexibility index (Phi) is 3.13. The highest BCUT2D eigenvalue weighted by molar-refractivity contribution is 8.00. The zero-order chi connectivity index (χ0) is 8.32. The van der Waals surface area contributed by atoms with Crippen LogP contribution in [0.3, 0.4) is 0 Å². The molecular weight excluding hydrogens is 168 g/mol. The SMILES string of the molecule is CNCC(F)(F)C1CCCS1. The first-order valence-electron chi connectivity index (χ1n) is 3.81. The largest absolute Gasteiger partial charge is 0.314 e. The fourth-order valence-electron chi connectivity index (χ4n) is 1.26. The van der Waals surface area contributed by atoms with Gasteiger partial charge in [-0.25, -0.2) is 8.78 Å². The van der Waals surface area contributed by atoms with Crippen LogP contribution in [0.25, 0.3) is 0 Å². The van der Waals surface area contributed by atoms with Gasteiger partial charge >= 0.3 is 0 Å². The van der Waals surface area contributed by atoms with Gasteiger partial charge in [-0.3, -0.25) is 0 Å². The maximum atomic E-state index is 13.0. The molecule has 0 aromatic heterocycles. The van der Waals surface area contributed by atoms with Gasteiger partial charge in [0.25, 0.3) is 5.92 Å². The minimum Gasteiger partial charge on any atom is -0.314 e. The third-order valence-electron chi connectivity index (χ3n) is 1.81. The number of halogens is 2. The van der Waals surface area contributed by atoms with Crippen molar-refractivity contribution >= 4 is 11.8 Å². The molecule has 1 heterocycles. The van der Waals surface area contributed by atoms with Crippen LogP contribution in [0.4, 0.5) is 8.78 Å². The van der Waals surface area contributed by atoms with Crippen LogP contribution < -0.4 is 5.32 Å². The maximum absolute atomic E-state index is 13.0. The van der Waals surface area contributed by atoms with E-state index in [0.29, 0.717) is 6.42 Å². The van der Waals surface area contributed by atoms with E-state index in [0.717, 1.165) is 12.2 Å². The summed E-state index contributed by atoms with van der Waals surface area (Å²) in [7, 11) is 1.56. The molecule has 0 bridgehead atoms. The lowest BCUT2D eigenvalue weighted by Gasteiger charge is -2.21. The number of alkyl halides is 2. The molecule has 0 aromatic carbocycles. The van der Waals surface area contributed by atoms with E-state index in [9.17, 15) is 8.78 Å². The van der Waals surface area contributed by atoms with Crippen molar-refractivity contribution in [1.29, 1.82) is 0 Å². The minimum atomic E-state index is -2.52. The third kappa shape index (κ3) is 2.30. The van der Waals surface area contributed by atoms with Gasteiger partial charge in [-0.05, 0) is 25.6 Å². The van der Waals surface area contributed by atoms with Gasteiger partial charge in [-0.15, -0.1) is 0 Å². The molecule has 0 aliphatic carbocycles. The lowest BCUT2D eigenvalue weighted by Crippen LogP contribution is -2.38. The summed E-state index contributed by atoms with van der Waals surface area (Å²) >= 11 is 1.40. The quantitative estimate of drug-likeness (QED) is 0.711. The van der Waals surface area contributed by atoms with Crippen molar-refractivity contribution in [3.8, 4) is 0 Å². The fraction of sp³-hybridized carbons (Fsp3) is 1.00. The molecule has 1 fully saturated rings. The molecule has 66 valence electrons. The monoisotopic (exact) mass is 181 g/mol. The Bertz CT molecular complexity index is 124. The molecule has 0 radical (unpaired) electrons. The Morgan fingerprint density at radius 2 is 2.36 bits per heavy atom. The van der Waals surface area contributed by atoms with Crippen LogP contribution in [0.1, 0.15) is 12.8 Å². The van der Waals surface area contributed by atoms with Crippen LogP contribution in [0.2, 0.25) is 0 Å². The van der Waals surface area contributed by atoms with Gasteiger partial charge in [0.05, 0.1) is 11.8 Å². The second-order valence-electron chi connectivity index (χ2n) is 2.79. The van der Waals surface area contributed by atoms with E-state index < -0.39 is 11.2 Å². The molecule has 1 aliphatic heterocycles. The number of thioether (sulfide) groups is 1. The second-order valence-corrected chi connectivity index (χ2v) is 4.10. The first kappa shape index (κ1) is 9.26. The summed E-state index contributed by atoms with van der Waals surface area (Å²) in [5.41, 5.74) is 0. The predicted octanol–water partition coefficient (Wildman–Crippen LogP) is 1.74. The Hall–Kier alpha value is 0.170. The summed E-state index contributed by atoms with van der Waals surface area (Å²) in [4.78, 5) is 0. The molecule has 0 saturated carbocycles. The number of nitrogens with one attached hydrogen (secondary N) is 1. The highest BCUT2D eigenvalue weighted by Gasteiger charge is 2.40. The molecule has 4 heteroatoms. The molecule has 1 saturated heterocycles. The summed E-state index contributed by atoms with van der Waals surface area (Å²) < 4.78 is 26.1. The fourth-order valence-corrected chi connectivity index (χ4v) is 2.54. The Morgan fingerprint density at radius 1 is 1.64 bits per heavy atom. The Labute approximate surface area is 69.9 Å². The van der Waals surface area contributed by atoms with Gasteiger partial charge in [0.1, 0.15) is 0 Å². The topological polar surface area (TPSA) is 12.0 Å². The molecular formula is C7H13F2NS. The molecule has 1 rings (SSSR count). The van der Waals surface area contributed by atoms with Crippen molar-refractivity contribution in [3.05, 3.63) is 0 Å². The van der Waals surface area contributed by atoms with Crippen molar-refractivity contribution in [2.24, 2.45) is 0 Å². The molecule has 1 atom stereocenters. The molecule has 1 nitrogen and oxygen atoms in total. The zero-order valence-electron chi connectivity index (χ0n) is 6.57. The van der Waals surface area contributed by atoms with E-state index in [-0.39, 0.29) is 6.54 Å².